The third kappa shape index (κ3) is 4.14. The standard InChI is InChI=1S/C19H16ClN3O2/c1-2-25-16-9-7-13(8-10-16)19(24)23-21-12-15-11-14-5-3-4-6-17(14)22-18(15)20/h3-12H,2H2,1H3,(H,23,24)/b21-12+. The van der Waals surface area contributed by atoms with E-state index in [0.717, 1.165) is 16.7 Å². The zero-order valence-electron chi connectivity index (χ0n) is 13.6. The van der Waals surface area contributed by atoms with Crippen LogP contribution in [0.15, 0.2) is 59.7 Å². The first-order valence-corrected chi connectivity index (χ1v) is 8.16. The Morgan fingerprint density at radius 3 is 2.76 bits per heavy atom. The molecule has 0 radical (unpaired) electrons. The number of ether oxygens (including phenoxy) is 1. The summed E-state index contributed by atoms with van der Waals surface area (Å²) in [5.74, 6) is 0.403. The number of amides is 1. The Bertz CT molecular complexity index is 924. The second-order valence-corrected chi connectivity index (χ2v) is 5.58. The second-order valence-electron chi connectivity index (χ2n) is 5.22. The van der Waals surface area contributed by atoms with Crippen molar-refractivity contribution in [3.05, 3.63) is 70.9 Å². The first-order chi connectivity index (χ1) is 12.2. The molecule has 0 saturated carbocycles. The van der Waals surface area contributed by atoms with Crippen LogP contribution in [0.3, 0.4) is 0 Å². The van der Waals surface area contributed by atoms with Crippen molar-refractivity contribution < 1.29 is 9.53 Å². The van der Waals surface area contributed by atoms with Gasteiger partial charge in [-0.25, -0.2) is 10.4 Å². The average molecular weight is 354 g/mol. The lowest BCUT2D eigenvalue weighted by atomic mass is 10.2. The Morgan fingerprint density at radius 2 is 2.00 bits per heavy atom. The predicted octanol–water partition coefficient (Wildman–Crippen LogP) is 4.05. The number of hydrogen-bond acceptors (Lipinski definition) is 4. The van der Waals surface area contributed by atoms with Gasteiger partial charge in [-0.2, -0.15) is 5.10 Å². The molecule has 0 aliphatic heterocycles. The summed E-state index contributed by atoms with van der Waals surface area (Å²) in [5, 5.41) is 5.25. The lowest BCUT2D eigenvalue weighted by molar-refractivity contribution is 0.0955. The molecule has 0 unspecified atom stereocenters. The Balaban J connectivity index is 1.70. The summed E-state index contributed by atoms with van der Waals surface area (Å²) in [6.07, 6.45) is 1.48. The van der Waals surface area contributed by atoms with Crippen molar-refractivity contribution in [2.75, 3.05) is 6.61 Å². The van der Waals surface area contributed by atoms with Gasteiger partial charge in [0.1, 0.15) is 10.9 Å². The fourth-order valence-electron chi connectivity index (χ4n) is 2.29. The number of nitrogens with one attached hydrogen (secondary N) is 1. The Labute approximate surface area is 150 Å². The maximum atomic E-state index is 12.1. The van der Waals surface area contributed by atoms with E-state index in [1.807, 2.05) is 37.3 Å². The number of hydrazone groups is 1. The number of para-hydroxylation sites is 1. The van der Waals surface area contributed by atoms with Crippen molar-refractivity contribution in [3.63, 3.8) is 0 Å². The van der Waals surface area contributed by atoms with Crippen molar-refractivity contribution in [1.82, 2.24) is 10.4 Å². The summed E-state index contributed by atoms with van der Waals surface area (Å²) in [6, 6.07) is 16.4. The van der Waals surface area contributed by atoms with Gasteiger partial charge in [0.15, 0.2) is 0 Å². The van der Waals surface area contributed by atoms with Gasteiger partial charge in [0.25, 0.3) is 5.91 Å². The smallest absolute Gasteiger partial charge is 0.271 e. The van der Waals surface area contributed by atoms with E-state index in [1.54, 1.807) is 24.3 Å². The number of pyridine rings is 1. The van der Waals surface area contributed by atoms with Crippen molar-refractivity contribution in [1.29, 1.82) is 0 Å². The summed E-state index contributed by atoms with van der Waals surface area (Å²) in [6.45, 7) is 2.48. The van der Waals surface area contributed by atoms with Gasteiger partial charge in [0, 0.05) is 16.5 Å². The van der Waals surface area contributed by atoms with Crippen molar-refractivity contribution in [2.45, 2.75) is 6.92 Å². The van der Waals surface area contributed by atoms with Crippen LogP contribution < -0.4 is 10.2 Å². The quantitative estimate of drug-likeness (QED) is 0.427. The minimum absolute atomic E-state index is 0.316. The van der Waals surface area contributed by atoms with Crippen LogP contribution in [0.25, 0.3) is 10.9 Å². The molecule has 0 saturated heterocycles. The van der Waals surface area contributed by atoms with E-state index in [-0.39, 0.29) is 5.91 Å². The number of benzene rings is 2. The average Bonchev–Trinajstić information content (AvgIpc) is 2.63. The van der Waals surface area contributed by atoms with Gasteiger partial charge in [0.2, 0.25) is 0 Å². The van der Waals surface area contributed by atoms with Crippen LogP contribution in [0.5, 0.6) is 5.75 Å². The SMILES string of the molecule is CCOc1ccc(C(=O)N/N=C/c2cc3ccccc3nc2Cl)cc1. The van der Waals surface area contributed by atoms with E-state index in [4.69, 9.17) is 16.3 Å². The lowest BCUT2D eigenvalue weighted by Gasteiger charge is -2.04. The Hall–Kier alpha value is -2.92. The number of hydrogen-bond donors (Lipinski definition) is 1. The first-order valence-electron chi connectivity index (χ1n) is 7.79. The molecule has 0 aliphatic carbocycles. The molecule has 1 heterocycles. The van der Waals surface area contributed by atoms with E-state index in [9.17, 15) is 4.79 Å². The lowest BCUT2D eigenvalue weighted by Crippen LogP contribution is -2.17. The molecule has 2 aromatic carbocycles. The zero-order valence-corrected chi connectivity index (χ0v) is 14.3. The van der Waals surface area contributed by atoms with Gasteiger partial charge < -0.3 is 4.74 Å². The number of fused-ring (bicyclic) bond motifs is 1. The minimum Gasteiger partial charge on any atom is -0.494 e. The molecule has 0 atom stereocenters. The summed E-state index contributed by atoms with van der Waals surface area (Å²) < 4.78 is 5.34. The van der Waals surface area contributed by atoms with Crippen LogP contribution in [0, 0.1) is 0 Å². The van der Waals surface area contributed by atoms with E-state index in [1.165, 1.54) is 6.21 Å². The van der Waals surface area contributed by atoms with E-state index >= 15 is 0 Å². The minimum atomic E-state index is -0.316. The molecule has 1 amide bonds. The molecule has 1 aromatic heterocycles. The number of carbonyl (C=O) groups excluding carboxylic acids is 1. The monoisotopic (exact) mass is 353 g/mol. The van der Waals surface area contributed by atoms with Gasteiger partial charge in [-0.3, -0.25) is 4.79 Å². The molecular weight excluding hydrogens is 338 g/mol. The molecule has 0 spiro atoms. The topological polar surface area (TPSA) is 63.6 Å². The fourth-order valence-corrected chi connectivity index (χ4v) is 2.49. The summed E-state index contributed by atoms with van der Waals surface area (Å²) in [5.41, 5.74) is 4.41. The molecule has 0 fully saturated rings. The van der Waals surface area contributed by atoms with Gasteiger partial charge in [-0.15, -0.1) is 0 Å². The molecular formula is C19H16ClN3O2. The van der Waals surface area contributed by atoms with Gasteiger partial charge in [-0.1, -0.05) is 29.8 Å². The van der Waals surface area contributed by atoms with Crippen LogP contribution in [0.2, 0.25) is 5.15 Å². The van der Waals surface area contributed by atoms with Crippen LogP contribution in [0.4, 0.5) is 0 Å². The molecule has 6 heteroatoms. The number of carbonyl (C=O) groups is 1. The van der Waals surface area contributed by atoms with Crippen LogP contribution in [-0.2, 0) is 0 Å². The highest BCUT2D eigenvalue weighted by atomic mass is 35.5. The van der Waals surface area contributed by atoms with Crippen molar-refractivity contribution in [2.24, 2.45) is 5.10 Å². The number of rotatable bonds is 5. The third-order valence-corrected chi connectivity index (χ3v) is 3.80. The largest absolute Gasteiger partial charge is 0.494 e. The molecule has 25 heavy (non-hydrogen) atoms. The predicted molar refractivity (Wildman–Crippen MR) is 99.4 cm³/mol. The highest BCUT2D eigenvalue weighted by Gasteiger charge is 2.05. The third-order valence-electron chi connectivity index (χ3n) is 3.50. The van der Waals surface area contributed by atoms with Gasteiger partial charge in [-0.05, 0) is 43.3 Å². The van der Waals surface area contributed by atoms with E-state index in [2.05, 4.69) is 15.5 Å². The van der Waals surface area contributed by atoms with Gasteiger partial charge in [0.05, 0.1) is 18.3 Å². The summed E-state index contributed by atoms with van der Waals surface area (Å²) in [7, 11) is 0. The van der Waals surface area contributed by atoms with Crippen LogP contribution in [-0.4, -0.2) is 23.7 Å². The molecule has 0 aliphatic rings. The number of nitrogens with zero attached hydrogens (tertiary/aromatic N) is 2. The van der Waals surface area contributed by atoms with E-state index < -0.39 is 0 Å². The van der Waals surface area contributed by atoms with E-state index in [0.29, 0.717) is 22.9 Å². The Morgan fingerprint density at radius 1 is 1.24 bits per heavy atom. The fraction of sp³-hybridized carbons (Fsp3) is 0.105. The van der Waals surface area contributed by atoms with Crippen molar-refractivity contribution in [3.8, 4) is 5.75 Å². The van der Waals surface area contributed by atoms with Crippen LogP contribution in [0.1, 0.15) is 22.8 Å². The van der Waals surface area contributed by atoms with Gasteiger partial charge >= 0.3 is 0 Å². The Kier molecular flexibility index (Phi) is 5.26. The number of aromatic nitrogens is 1. The maximum Gasteiger partial charge on any atom is 0.271 e. The molecule has 126 valence electrons. The normalized spacial score (nSPS) is 11.0. The first kappa shape index (κ1) is 16.9. The maximum absolute atomic E-state index is 12.1. The highest BCUT2D eigenvalue weighted by molar-refractivity contribution is 6.32. The number of halogens is 1. The van der Waals surface area contributed by atoms with Crippen LogP contribution >= 0.6 is 11.6 Å². The molecule has 3 rings (SSSR count). The highest BCUT2D eigenvalue weighted by Crippen LogP contribution is 2.19. The molecule has 0 bridgehead atoms. The second kappa shape index (κ2) is 7.77. The summed E-state index contributed by atoms with van der Waals surface area (Å²) in [4.78, 5) is 16.4. The van der Waals surface area contributed by atoms with Crippen molar-refractivity contribution >= 4 is 34.6 Å². The summed E-state index contributed by atoms with van der Waals surface area (Å²) >= 11 is 6.15. The zero-order chi connectivity index (χ0) is 17.6. The molecule has 3 aromatic rings. The molecule has 5 nitrogen and oxygen atoms in total. The molecule has 1 N–H and O–H groups in total.